The second-order valence-corrected chi connectivity index (χ2v) is 21.1. The van der Waals surface area contributed by atoms with E-state index in [2.05, 4.69) is 42.2 Å². The Morgan fingerprint density at radius 1 is 0.593 bits per heavy atom. The molecule has 0 spiro atoms. The zero-order valence-electron chi connectivity index (χ0n) is 45.3. The number of nitrogens with one attached hydrogen (secondary N) is 8. The number of aromatic amines is 1. The van der Waals surface area contributed by atoms with Crippen molar-refractivity contribution >= 4 is 52.4 Å². The van der Waals surface area contributed by atoms with Crippen LogP contribution in [-0.4, -0.2) is 126 Å². The van der Waals surface area contributed by atoms with Gasteiger partial charge in [0.2, 0.25) is 35.4 Å². The standard InChI is InChI=1S/C62H72N10O9/c63-28-31-65-62(79)81-47-36-55-60(77)67-50(25-22-40-12-4-1-5-13-40)56(73)70-53(35-45-37-66-49-19-11-10-18-48(45)49)59(76)69-52(33-43-26-29-64-30-27-43)57(74)68-51(32-42-20-23-46(24-21-42)80-39-44-16-8-3-9-17-44)58(75)71-54(61(78)72(55)38-47)34-41-14-6-2-7-15-41/h1-21,23-24,37,43,47,50-55,64,66H,22,25-36,38-39,63H2,(H,65,79)(H,67,77)(H,68,74)(H,69,76)(H,70,73)(H,71,75)/t47-,50-,51+,52+,53-,54+,55+/m1/s1. The van der Waals surface area contributed by atoms with Crippen LogP contribution in [0.5, 0.6) is 5.75 Å². The molecule has 6 aromatic rings. The highest BCUT2D eigenvalue weighted by Gasteiger charge is 2.45. The molecule has 19 nitrogen and oxygen atoms in total. The molecule has 0 aliphatic carbocycles. The van der Waals surface area contributed by atoms with Crippen LogP contribution in [0.25, 0.3) is 10.9 Å². The Morgan fingerprint density at radius 3 is 1.84 bits per heavy atom. The average molecular weight is 1100 g/mol. The monoisotopic (exact) mass is 1100 g/mol. The van der Waals surface area contributed by atoms with Gasteiger partial charge < -0.3 is 62.3 Å². The zero-order valence-corrected chi connectivity index (χ0v) is 45.3. The number of nitrogens with zero attached hydrogens (tertiary/aromatic N) is 1. The molecule has 0 unspecified atom stereocenters. The molecule has 81 heavy (non-hydrogen) atoms. The Balaban J connectivity index is 1.10. The molecule has 3 aliphatic rings. The van der Waals surface area contributed by atoms with Crippen LogP contribution in [-0.2, 0) is 65.8 Å². The van der Waals surface area contributed by atoms with E-state index in [-0.39, 0.29) is 64.1 Å². The van der Waals surface area contributed by atoms with Crippen LogP contribution in [0.2, 0.25) is 0 Å². The molecule has 0 bridgehead atoms. The second-order valence-electron chi connectivity index (χ2n) is 21.1. The van der Waals surface area contributed by atoms with E-state index in [9.17, 15) is 4.79 Å². The number of H-pyrrole nitrogens is 1. The molecule has 5 aromatic carbocycles. The van der Waals surface area contributed by atoms with Crippen molar-refractivity contribution < 1.29 is 43.0 Å². The van der Waals surface area contributed by atoms with Gasteiger partial charge in [0.15, 0.2) is 0 Å². The minimum Gasteiger partial charge on any atom is -0.489 e. The number of nitrogens with two attached hydrogens (primary N) is 1. The Kier molecular flexibility index (Phi) is 19.8. The largest absolute Gasteiger partial charge is 0.489 e. The van der Waals surface area contributed by atoms with Crippen LogP contribution in [0.3, 0.4) is 0 Å². The fourth-order valence-electron chi connectivity index (χ4n) is 10.9. The van der Waals surface area contributed by atoms with Crippen LogP contribution < -0.4 is 47.7 Å². The summed E-state index contributed by atoms with van der Waals surface area (Å²) in [6, 6.07) is 35.3. The number of benzene rings is 5. The highest BCUT2D eigenvalue weighted by Crippen LogP contribution is 2.26. The number of alkyl carbamates (subject to hydrolysis) is 1. The van der Waals surface area contributed by atoms with Gasteiger partial charge in [0.1, 0.15) is 54.7 Å². The number of para-hydroxylation sites is 1. The predicted molar refractivity (Wildman–Crippen MR) is 305 cm³/mol. The number of piperidine rings is 1. The fourth-order valence-corrected chi connectivity index (χ4v) is 10.9. The van der Waals surface area contributed by atoms with Gasteiger partial charge in [0, 0.05) is 55.9 Å². The highest BCUT2D eigenvalue weighted by molar-refractivity contribution is 5.99. The molecule has 19 heteroatoms. The van der Waals surface area contributed by atoms with E-state index in [1.54, 1.807) is 42.6 Å². The van der Waals surface area contributed by atoms with Crippen molar-refractivity contribution in [1.82, 2.24) is 47.1 Å². The Morgan fingerprint density at radius 2 is 1.15 bits per heavy atom. The van der Waals surface area contributed by atoms with Crippen molar-refractivity contribution in [2.24, 2.45) is 11.7 Å². The van der Waals surface area contributed by atoms with Gasteiger partial charge in [-0.25, -0.2) is 4.79 Å². The van der Waals surface area contributed by atoms with Crippen molar-refractivity contribution in [3.05, 3.63) is 174 Å². The molecule has 424 valence electrons. The van der Waals surface area contributed by atoms with Crippen LogP contribution in [0.15, 0.2) is 146 Å². The normalized spacial score (nSPS) is 22.5. The van der Waals surface area contributed by atoms with Crippen molar-refractivity contribution in [2.45, 2.75) is 107 Å². The quantitative estimate of drug-likeness (QED) is 0.0633. The third-order valence-electron chi connectivity index (χ3n) is 15.3. The van der Waals surface area contributed by atoms with Gasteiger partial charge in [-0.05, 0) is 97.1 Å². The lowest BCUT2D eigenvalue weighted by atomic mass is 9.90. The molecule has 1 aromatic heterocycles. The van der Waals surface area contributed by atoms with E-state index in [1.807, 2.05) is 103 Å². The molecule has 0 saturated carbocycles. The maximum atomic E-state index is 15.4. The molecule has 3 saturated heterocycles. The predicted octanol–water partition coefficient (Wildman–Crippen LogP) is 3.89. The summed E-state index contributed by atoms with van der Waals surface area (Å²) in [5, 5.41) is 21.7. The number of amides is 7. The van der Waals surface area contributed by atoms with E-state index in [1.165, 1.54) is 4.90 Å². The van der Waals surface area contributed by atoms with Gasteiger partial charge in [-0.3, -0.25) is 28.8 Å². The molecule has 7 amide bonds. The molecule has 3 fully saturated rings. The lowest BCUT2D eigenvalue weighted by Gasteiger charge is -2.32. The number of aryl methyl sites for hydroxylation is 1. The van der Waals surface area contributed by atoms with Gasteiger partial charge in [-0.15, -0.1) is 0 Å². The Hall–Kier alpha value is -8.55. The van der Waals surface area contributed by atoms with Gasteiger partial charge in [-0.1, -0.05) is 121 Å². The maximum absolute atomic E-state index is 15.4. The van der Waals surface area contributed by atoms with Crippen molar-refractivity contribution in [3.63, 3.8) is 0 Å². The Labute approximate surface area is 471 Å². The first-order valence-corrected chi connectivity index (χ1v) is 28.0. The summed E-state index contributed by atoms with van der Waals surface area (Å²) in [7, 11) is 0. The van der Waals surface area contributed by atoms with E-state index >= 15 is 28.8 Å². The number of hydrogen-bond acceptors (Lipinski definition) is 11. The number of carbonyl (C=O) groups is 7. The molecule has 4 heterocycles. The van der Waals surface area contributed by atoms with Crippen molar-refractivity contribution in [2.75, 3.05) is 32.7 Å². The summed E-state index contributed by atoms with van der Waals surface area (Å²) in [4.78, 5) is 109. The molecule has 0 radical (unpaired) electrons. The van der Waals surface area contributed by atoms with E-state index in [4.69, 9.17) is 15.2 Å². The summed E-state index contributed by atoms with van der Waals surface area (Å²) in [6.45, 7) is 1.77. The second kappa shape index (κ2) is 28.0. The minimum absolute atomic E-state index is 0.00232. The van der Waals surface area contributed by atoms with Crippen LogP contribution in [0.4, 0.5) is 4.79 Å². The van der Waals surface area contributed by atoms with Gasteiger partial charge in [0.05, 0.1) is 6.54 Å². The van der Waals surface area contributed by atoms with Crippen LogP contribution in [0, 0.1) is 5.92 Å². The van der Waals surface area contributed by atoms with E-state index in [0.717, 1.165) is 40.4 Å². The summed E-state index contributed by atoms with van der Waals surface area (Å²) in [5.74, 6) is -3.42. The number of aromatic nitrogens is 1. The lowest BCUT2D eigenvalue weighted by Crippen LogP contribution is -2.62. The SMILES string of the molecule is NCCNC(=O)O[C@@H]1C[C@H]2C(=O)N[C@H](CCc3ccccc3)C(=O)N[C@H](Cc3c[nH]c4ccccc34)C(=O)N[C@@H](CC3CCNCC3)C(=O)N[C@@H](Cc3ccc(OCc4ccccc4)cc3)C(=O)N[C@@H](Cc3ccccc3)C(=O)N2C1. The van der Waals surface area contributed by atoms with Crippen molar-refractivity contribution in [3.8, 4) is 5.75 Å². The first kappa shape index (κ1) is 57.1. The molecule has 9 rings (SSSR count). The molecule has 10 N–H and O–H groups in total. The summed E-state index contributed by atoms with van der Waals surface area (Å²) < 4.78 is 11.9. The fraction of sp³-hybridized carbons (Fsp3) is 0.371. The van der Waals surface area contributed by atoms with E-state index < -0.39 is 83.9 Å². The topological polar surface area (TPSA) is 267 Å². The lowest BCUT2D eigenvalue weighted by molar-refractivity contribution is -0.143. The maximum Gasteiger partial charge on any atom is 0.407 e. The van der Waals surface area contributed by atoms with Crippen LogP contribution >= 0.6 is 0 Å². The van der Waals surface area contributed by atoms with Crippen molar-refractivity contribution in [1.29, 1.82) is 0 Å². The summed E-state index contributed by atoms with van der Waals surface area (Å²) >= 11 is 0. The smallest absolute Gasteiger partial charge is 0.407 e. The van der Waals surface area contributed by atoms with Crippen LogP contribution in [0.1, 0.15) is 59.9 Å². The van der Waals surface area contributed by atoms with Gasteiger partial charge in [-0.2, -0.15) is 0 Å². The Bertz CT molecular complexity index is 3080. The molecular weight excluding hydrogens is 1030 g/mol. The summed E-state index contributed by atoms with van der Waals surface area (Å²) in [5.41, 5.74) is 10.4. The van der Waals surface area contributed by atoms with Gasteiger partial charge >= 0.3 is 6.09 Å². The average Bonchev–Trinajstić information content (AvgIpc) is 4.11. The third kappa shape index (κ3) is 15.9. The minimum atomic E-state index is -1.32. The third-order valence-corrected chi connectivity index (χ3v) is 15.3. The first-order chi connectivity index (χ1) is 39.5. The number of rotatable bonds is 17. The number of ether oxygens (including phenoxy) is 2. The first-order valence-electron chi connectivity index (χ1n) is 28.0. The molecule has 3 aliphatic heterocycles. The number of fused-ring (bicyclic) bond motifs is 2. The molecule has 7 atom stereocenters. The van der Waals surface area contributed by atoms with E-state index in [0.29, 0.717) is 43.0 Å². The molecular formula is C62H72N10O9. The highest BCUT2D eigenvalue weighted by atomic mass is 16.6. The number of carbonyl (C=O) groups excluding carboxylic acids is 7. The summed E-state index contributed by atoms with van der Waals surface area (Å²) in [6.07, 6.45) is 1.88. The zero-order chi connectivity index (χ0) is 56.5. The number of hydrogen-bond donors (Lipinski definition) is 9. The van der Waals surface area contributed by atoms with Gasteiger partial charge in [0.25, 0.3) is 0 Å².